The van der Waals surface area contributed by atoms with E-state index in [2.05, 4.69) is 18.3 Å². The maximum Gasteiger partial charge on any atom is 0.225 e. The highest BCUT2D eigenvalue weighted by molar-refractivity contribution is 5.95. The minimum Gasteiger partial charge on any atom is -0.330 e. The number of fused-ring (bicyclic) bond motifs is 1. The first-order valence-corrected chi connectivity index (χ1v) is 6.31. The molecule has 1 aromatic carbocycles. The fourth-order valence-electron chi connectivity index (χ4n) is 2.98. The van der Waals surface area contributed by atoms with Gasteiger partial charge in [0.05, 0.1) is 0 Å². The molecule has 1 heterocycles. The molecule has 2 rings (SSSR count). The number of para-hydroxylation sites is 1. The van der Waals surface area contributed by atoms with Gasteiger partial charge >= 0.3 is 0 Å². The Labute approximate surface area is 102 Å². The Kier molecular flexibility index (Phi) is 3.48. The summed E-state index contributed by atoms with van der Waals surface area (Å²) in [6.07, 6.45) is 3.54. The van der Waals surface area contributed by atoms with Crippen molar-refractivity contribution in [1.82, 2.24) is 0 Å². The molecule has 1 amide bonds. The average molecular weight is 232 g/mol. The number of rotatable bonds is 4. The number of amides is 1. The van der Waals surface area contributed by atoms with Crippen LogP contribution in [0, 0.1) is 0 Å². The fraction of sp³-hybridized carbons (Fsp3) is 0.500. The van der Waals surface area contributed by atoms with Gasteiger partial charge in [-0.2, -0.15) is 0 Å². The number of hydrogen-bond acceptors (Lipinski definition) is 2. The number of hydrogen-bond donors (Lipinski definition) is 2. The van der Waals surface area contributed by atoms with Crippen molar-refractivity contribution in [2.45, 2.75) is 38.0 Å². The summed E-state index contributed by atoms with van der Waals surface area (Å²) in [4.78, 5) is 11.8. The summed E-state index contributed by atoms with van der Waals surface area (Å²) < 4.78 is 0. The van der Waals surface area contributed by atoms with E-state index in [-0.39, 0.29) is 11.3 Å². The van der Waals surface area contributed by atoms with Crippen LogP contribution in [0.3, 0.4) is 0 Å². The number of nitrogens with two attached hydrogens (primary N) is 1. The monoisotopic (exact) mass is 232 g/mol. The van der Waals surface area contributed by atoms with E-state index in [9.17, 15) is 4.79 Å². The zero-order valence-electron chi connectivity index (χ0n) is 10.3. The topological polar surface area (TPSA) is 55.1 Å². The summed E-state index contributed by atoms with van der Waals surface area (Å²) in [6, 6.07) is 8.11. The van der Waals surface area contributed by atoms with Crippen LogP contribution in [0.5, 0.6) is 0 Å². The molecule has 1 aromatic rings. The summed E-state index contributed by atoms with van der Waals surface area (Å²) in [5.41, 5.74) is 7.91. The second-order valence-corrected chi connectivity index (χ2v) is 4.84. The van der Waals surface area contributed by atoms with Crippen molar-refractivity contribution in [2.75, 3.05) is 11.9 Å². The van der Waals surface area contributed by atoms with Crippen LogP contribution in [-0.4, -0.2) is 12.5 Å². The molecule has 0 saturated carbocycles. The first-order valence-electron chi connectivity index (χ1n) is 6.31. The first-order chi connectivity index (χ1) is 8.22. The van der Waals surface area contributed by atoms with Crippen LogP contribution in [0.15, 0.2) is 24.3 Å². The Balaban J connectivity index is 2.47. The summed E-state index contributed by atoms with van der Waals surface area (Å²) >= 11 is 0. The SMILES string of the molecule is CCCC1(CCN)CC(=O)Nc2ccccc21. The van der Waals surface area contributed by atoms with Gasteiger partial charge in [0.2, 0.25) is 5.91 Å². The Morgan fingerprint density at radius 2 is 2.12 bits per heavy atom. The van der Waals surface area contributed by atoms with E-state index in [0.717, 1.165) is 24.9 Å². The van der Waals surface area contributed by atoms with Gasteiger partial charge < -0.3 is 11.1 Å². The molecular weight excluding hydrogens is 212 g/mol. The number of nitrogens with one attached hydrogen (secondary N) is 1. The van der Waals surface area contributed by atoms with E-state index in [1.54, 1.807) is 0 Å². The summed E-state index contributed by atoms with van der Waals surface area (Å²) in [5.74, 6) is 0.116. The molecule has 1 aliphatic heterocycles. The lowest BCUT2D eigenvalue weighted by Crippen LogP contribution is -2.38. The quantitative estimate of drug-likeness (QED) is 0.837. The van der Waals surface area contributed by atoms with Gasteiger partial charge in [-0.05, 0) is 31.0 Å². The van der Waals surface area contributed by atoms with Gasteiger partial charge in [-0.3, -0.25) is 4.79 Å². The molecule has 0 fully saturated rings. The third kappa shape index (κ3) is 2.20. The van der Waals surface area contributed by atoms with Crippen LogP contribution in [-0.2, 0) is 10.2 Å². The third-order valence-electron chi connectivity index (χ3n) is 3.62. The van der Waals surface area contributed by atoms with Gasteiger partial charge in [-0.15, -0.1) is 0 Å². The lowest BCUT2D eigenvalue weighted by molar-refractivity contribution is -0.118. The van der Waals surface area contributed by atoms with Gasteiger partial charge in [-0.1, -0.05) is 31.5 Å². The molecule has 3 heteroatoms. The van der Waals surface area contributed by atoms with Crippen LogP contribution in [0.2, 0.25) is 0 Å². The van der Waals surface area contributed by atoms with E-state index in [4.69, 9.17) is 5.73 Å². The van der Waals surface area contributed by atoms with E-state index in [0.29, 0.717) is 13.0 Å². The van der Waals surface area contributed by atoms with Crippen LogP contribution in [0.25, 0.3) is 0 Å². The lowest BCUT2D eigenvalue weighted by Gasteiger charge is -2.38. The molecular formula is C14H20N2O. The van der Waals surface area contributed by atoms with Crippen LogP contribution < -0.4 is 11.1 Å². The second-order valence-electron chi connectivity index (χ2n) is 4.84. The molecule has 1 aliphatic rings. The Hall–Kier alpha value is -1.35. The van der Waals surface area contributed by atoms with Crippen molar-refractivity contribution < 1.29 is 4.79 Å². The molecule has 1 unspecified atom stereocenters. The molecule has 0 bridgehead atoms. The van der Waals surface area contributed by atoms with E-state index in [1.807, 2.05) is 18.2 Å². The van der Waals surface area contributed by atoms with E-state index in [1.165, 1.54) is 5.56 Å². The number of carbonyl (C=O) groups excluding carboxylic acids is 1. The molecule has 0 saturated heterocycles. The average Bonchev–Trinajstić information content (AvgIpc) is 2.29. The highest BCUT2D eigenvalue weighted by Crippen LogP contribution is 2.43. The number of benzene rings is 1. The Morgan fingerprint density at radius 3 is 2.82 bits per heavy atom. The van der Waals surface area contributed by atoms with E-state index >= 15 is 0 Å². The van der Waals surface area contributed by atoms with Crippen molar-refractivity contribution in [1.29, 1.82) is 0 Å². The zero-order valence-corrected chi connectivity index (χ0v) is 10.3. The second kappa shape index (κ2) is 4.88. The lowest BCUT2D eigenvalue weighted by atomic mass is 9.69. The van der Waals surface area contributed by atoms with Crippen molar-refractivity contribution in [3.63, 3.8) is 0 Å². The van der Waals surface area contributed by atoms with Crippen molar-refractivity contribution in [2.24, 2.45) is 5.73 Å². The summed E-state index contributed by atoms with van der Waals surface area (Å²) in [7, 11) is 0. The van der Waals surface area contributed by atoms with Crippen LogP contribution >= 0.6 is 0 Å². The van der Waals surface area contributed by atoms with Gasteiger partial charge in [0.1, 0.15) is 0 Å². The molecule has 92 valence electrons. The molecule has 0 radical (unpaired) electrons. The highest BCUT2D eigenvalue weighted by atomic mass is 16.1. The summed E-state index contributed by atoms with van der Waals surface area (Å²) in [5, 5.41) is 2.95. The molecule has 3 N–H and O–H groups in total. The van der Waals surface area contributed by atoms with Crippen molar-refractivity contribution in [3.05, 3.63) is 29.8 Å². The van der Waals surface area contributed by atoms with Crippen molar-refractivity contribution >= 4 is 11.6 Å². The third-order valence-corrected chi connectivity index (χ3v) is 3.62. The van der Waals surface area contributed by atoms with Gasteiger partial charge in [0, 0.05) is 17.5 Å². The highest BCUT2D eigenvalue weighted by Gasteiger charge is 2.38. The minimum absolute atomic E-state index is 0.0531. The molecule has 1 atom stereocenters. The zero-order chi connectivity index (χ0) is 12.3. The predicted octanol–water partition coefficient (Wildman–Crippen LogP) is 2.42. The normalized spacial score (nSPS) is 23.1. The molecule has 0 aromatic heterocycles. The first kappa shape index (κ1) is 12.1. The Bertz CT molecular complexity index is 408. The van der Waals surface area contributed by atoms with Gasteiger partial charge in [-0.25, -0.2) is 0 Å². The van der Waals surface area contributed by atoms with Crippen LogP contribution in [0.1, 0.15) is 38.2 Å². The number of anilines is 1. The largest absolute Gasteiger partial charge is 0.330 e. The molecule has 0 spiro atoms. The molecule has 0 aliphatic carbocycles. The van der Waals surface area contributed by atoms with Gasteiger partial charge in [0.25, 0.3) is 0 Å². The minimum atomic E-state index is -0.0531. The predicted molar refractivity (Wildman–Crippen MR) is 69.9 cm³/mol. The smallest absolute Gasteiger partial charge is 0.225 e. The van der Waals surface area contributed by atoms with E-state index < -0.39 is 0 Å². The van der Waals surface area contributed by atoms with Crippen LogP contribution in [0.4, 0.5) is 5.69 Å². The Morgan fingerprint density at radius 1 is 1.35 bits per heavy atom. The molecule has 3 nitrogen and oxygen atoms in total. The maximum atomic E-state index is 11.8. The van der Waals surface area contributed by atoms with Crippen molar-refractivity contribution in [3.8, 4) is 0 Å². The molecule has 17 heavy (non-hydrogen) atoms. The summed E-state index contributed by atoms with van der Waals surface area (Å²) in [6.45, 7) is 2.79. The van der Waals surface area contributed by atoms with Gasteiger partial charge in [0.15, 0.2) is 0 Å². The fourth-order valence-corrected chi connectivity index (χ4v) is 2.98. The number of carbonyl (C=O) groups is 1. The maximum absolute atomic E-state index is 11.8. The standard InChI is InChI=1S/C14H20N2O/c1-2-7-14(8-9-15)10-13(17)16-12-6-4-3-5-11(12)14/h3-6H,2,7-10,15H2,1H3,(H,16,17).